The molecule has 0 radical (unpaired) electrons. The molecular formula is C24H25F2NO2. The van der Waals surface area contributed by atoms with E-state index in [0.717, 1.165) is 43.6 Å². The average molecular weight is 397 g/mol. The summed E-state index contributed by atoms with van der Waals surface area (Å²) >= 11 is 0. The van der Waals surface area contributed by atoms with Crippen LogP contribution in [0.15, 0.2) is 60.2 Å². The lowest BCUT2D eigenvalue weighted by Crippen LogP contribution is -2.45. The fourth-order valence-electron chi connectivity index (χ4n) is 4.04. The fourth-order valence-corrected chi connectivity index (χ4v) is 4.04. The highest BCUT2D eigenvalue weighted by molar-refractivity contribution is 5.98. The summed E-state index contributed by atoms with van der Waals surface area (Å²) < 4.78 is 33.4. The summed E-state index contributed by atoms with van der Waals surface area (Å²) in [6.45, 7) is 1.98. The average Bonchev–Trinajstić information content (AvgIpc) is 2.70. The maximum atomic E-state index is 14.0. The molecule has 29 heavy (non-hydrogen) atoms. The number of hydrogen-bond acceptors (Lipinski definition) is 3. The Hall–Kier alpha value is -2.37. The first-order valence-electron chi connectivity index (χ1n) is 10.2. The van der Waals surface area contributed by atoms with Gasteiger partial charge in [0, 0.05) is 25.1 Å². The largest absolute Gasteiger partial charge is 0.355 e. The Morgan fingerprint density at radius 3 is 2.45 bits per heavy atom. The molecule has 4 rings (SSSR count). The molecule has 2 aliphatic rings. The van der Waals surface area contributed by atoms with E-state index in [0.29, 0.717) is 19.4 Å². The van der Waals surface area contributed by atoms with Gasteiger partial charge >= 0.3 is 0 Å². The lowest BCUT2D eigenvalue weighted by Gasteiger charge is -2.39. The highest BCUT2D eigenvalue weighted by Crippen LogP contribution is 2.31. The minimum absolute atomic E-state index is 0.0107. The lowest BCUT2D eigenvalue weighted by atomic mass is 9.87. The number of halogens is 2. The van der Waals surface area contributed by atoms with E-state index in [1.165, 1.54) is 11.6 Å². The van der Waals surface area contributed by atoms with E-state index in [-0.39, 0.29) is 23.5 Å². The summed E-state index contributed by atoms with van der Waals surface area (Å²) in [7, 11) is 0. The number of ether oxygens (including phenoxy) is 1. The molecule has 1 unspecified atom stereocenters. The number of carbonyl (C=O) groups is 1. The lowest BCUT2D eigenvalue weighted by molar-refractivity contribution is -0.0597. The van der Waals surface area contributed by atoms with Crippen molar-refractivity contribution in [1.82, 2.24) is 4.90 Å². The van der Waals surface area contributed by atoms with Crippen LogP contribution in [0, 0.1) is 17.6 Å². The summed E-state index contributed by atoms with van der Waals surface area (Å²) in [6.07, 6.45) is 5.57. The maximum absolute atomic E-state index is 14.0. The number of hydrogen-bond donors (Lipinski definition) is 0. The molecule has 152 valence electrons. The topological polar surface area (TPSA) is 29.5 Å². The monoisotopic (exact) mass is 397 g/mol. The van der Waals surface area contributed by atoms with E-state index in [9.17, 15) is 13.6 Å². The van der Waals surface area contributed by atoms with Crippen LogP contribution in [0.5, 0.6) is 0 Å². The van der Waals surface area contributed by atoms with Crippen LogP contribution in [0.1, 0.15) is 41.6 Å². The highest BCUT2D eigenvalue weighted by atomic mass is 19.1. The van der Waals surface area contributed by atoms with Crippen molar-refractivity contribution in [3.05, 3.63) is 82.9 Å². The van der Waals surface area contributed by atoms with Crippen molar-refractivity contribution in [1.29, 1.82) is 0 Å². The second-order valence-corrected chi connectivity index (χ2v) is 7.77. The third-order valence-electron chi connectivity index (χ3n) is 5.84. The predicted molar refractivity (Wildman–Crippen MR) is 107 cm³/mol. The second-order valence-electron chi connectivity index (χ2n) is 7.77. The molecule has 0 saturated carbocycles. The molecule has 1 saturated heterocycles. The van der Waals surface area contributed by atoms with Crippen LogP contribution in [0.25, 0.3) is 0 Å². The van der Waals surface area contributed by atoms with Crippen molar-refractivity contribution >= 4 is 5.78 Å². The Bertz CT molecular complexity index is 889. The maximum Gasteiger partial charge on any atom is 0.168 e. The molecule has 0 bridgehead atoms. The summed E-state index contributed by atoms with van der Waals surface area (Å²) in [5.41, 5.74) is 2.42. The van der Waals surface area contributed by atoms with Crippen molar-refractivity contribution in [3.63, 3.8) is 0 Å². The van der Waals surface area contributed by atoms with Crippen LogP contribution in [-0.4, -0.2) is 30.0 Å². The molecule has 1 heterocycles. The zero-order valence-corrected chi connectivity index (χ0v) is 16.3. The van der Waals surface area contributed by atoms with Gasteiger partial charge in [0.05, 0.1) is 12.2 Å². The number of allylic oxidation sites excluding steroid dienone is 1. The smallest absolute Gasteiger partial charge is 0.168 e. The van der Waals surface area contributed by atoms with Crippen LogP contribution in [0.2, 0.25) is 0 Å². The van der Waals surface area contributed by atoms with Gasteiger partial charge in [-0.3, -0.25) is 9.69 Å². The Balaban J connectivity index is 1.38. The zero-order chi connectivity index (χ0) is 20.2. The van der Waals surface area contributed by atoms with Crippen molar-refractivity contribution in [2.45, 2.75) is 38.5 Å². The Morgan fingerprint density at radius 2 is 1.83 bits per heavy atom. The fraction of sp³-hybridized carbons (Fsp3) is 0.375. The molecule has 1 aliphatic carbocycles. The van der Waals surface area contributed by atoms with Gasteiger partial charge in [-0.25, -0.2) is 8.78 Å². The van der Waals surface area contributed by atoms with Gasteiger partial charge in [-0.15, -0.1) is 0 Å². The third-order valence-corrected chi connectivity index (χ3v) is 5.84. The van der Waals surface area contributed by atoms with Gasteiger partial charge in [0.2, 0.25) is 0 Å². The quantitative estimate of drug-likeness (QED) is 0.480. The summed E-state index contributed by atoms with van der Waals surface area (Å²) in [6, 6.07) is 13.3. The molecule has 0 N–H and O–H groups in total. The van der Waals surface area contributed by atoms with Crippen LogP contribution >= 0.6 is 0 Å². The van der Waals surface area contributed by atoms with Crippen LogP contribution in [-0.2, 0) is 11.3 Å². The molecule has 0 amide bonds. The molecule has 0 aromatic heterocycles. The number of ketones is 1. The van der Waals surface area contributed by atoms with Crippen molar-refractivity contribution in [2.24, 2.45) is 5.92 Å². The molecule has 1 aliphatic heterocycles. The standard InChI is InChI=1S/C24H25F2NO2/c25-20-9-10-21(22(26)15-20)23(28)18-11-13-27(14-12-18)24(19-7-4-8-19)29-16-17-5-2-1-3-6-17/h1-3,5-7,9-10,15,18,24H,4,8,11-14,16H2. The van der Waals surface area contributed by atoms with Gasteiger partial charge in [0.1, 0.15) is 17.9 Å². The minimum atomic E-state index is -0.777. The number of Topliss-reactive ketones (excluding diaryl/α,β-unsaturated/α-hetero) is 1. The number of piperidine rings is 1. The molecule has 5 heteroatoms. The Labute approximate surface area is 170 Å². The molecule has 0 spiro atoms. The summed E-state index contributed by atoms with van der Waals surface area (Å²) in [5.74, 6) is -1.91. The van der Waals surface area contributed by atoms with Crippen molar-refractivity contribution < 1.29 is 18.3 Å². The highest BCUT2D eigenvalue weighted by Gasteiger charge is 2.33. The summed E-state index contributed by atoms with van der Waals surface area (Å²) in [4.78, 5) is 15.0. The first-order valence-corrected chi connectivity index (χ1v) is 10.2. The van der Waals surface area contributed by atoms with Gasteiger partial charge in [-0.05, 0) is 49.0 Å². The molecule has 3 nitrogen and oxygen atoms in total. The van der Waals surface area contributed by atoms with E-state index in [1.54, 1.807) is 0 Å². The molecule has 2 aromatic carbocycles. The van der Waals surface area contributed by atoms with Gasteiger partial charge in [-0.2, -0.15) is 0 Å². The third kappa shape index (κ3) is 4.62. The Morgan fingerprint density at radius 1 is 1.10 bits per heavy atom. The molecule has 2 aromatic rings. The first-order chi connectivity index (χ1) is 14.1. The molecule has 1 atom stereocenters. The molecule has 1 fully saturated rings. The SMILES string of the molecule is O=C(c1ccc(F)cc1F)C1CCN(C(OCc2ccccc2)C2=CCC2)CC1. The summed E-state index contributed by atoms with van der Waals surface area (Å²) in [5, 5.41) is 0. The number of likely N-dealkylation sites (tertiary alicyclic amines) is 1. The van der Waals surface area contributed by atoms with E-state index in [4.69, 9.17) is 4.74 Å². The first kappa shape index (κ1) is 19.9. The number of rotatable bonds is 7. The number of nitrogens with zero attached hydrogens (tertiary/aromatic N) is 1. The second kappa shape index (κ2) is 8.97. The normalized spacial score (nSPS) is 18.8. The van der Waals surface area contributed by atoms with E-state index >= 15 is 0 Å². The van der Waals surface area contributed by atoms with E-state index in [2.05, 4.69) is 11.0 Å². The van der Waals surface area contributed by atoms with E-state index in [1.807, 2.05) is 30.3 Å². The van der Waals surface area contributed by atoms with Crippen molar-refractivity contribution in [2.75, 3.05) is 13.1 Å². The van der Waals surface area contributed by atoms with Gasteiger partial charge in [0.15, 0.2) is 5.78 Å². The van der Waals surface area contributed by atoms with Gasteiger partial charge in [-0.1, -0.05) is 36.4 Å². The number of benzene rings is 2. The number of carbonyl (C=O) groups excluding carboxylic acids is 1. The van der Waals surface area contributed by atoms with E-state index < -0.39 is 11.6 Å². The van der Waals surface area contributed by atoms with Gasteiger partial charge in [0.25, 0.3) is 0 Å². The Kier molecular flexibility index (Phi) is 6.16. The minimum Gasteiger partial charge on any atom is -0.355 e. The van der Waals surface area contributed by atoms with Crippen LogP contribution in [0.3, 0.4) is 0 Å². The van der Waals surface area contributed by atoms with Crippen molar-refractivity contribution in [3.8, 4) is 0 Å². The predicted octanol–water partition coefficient (Wildman–Crippen LogP) is 5.12. The van der Waals surface area contributed by atoms with Crippen LogP contribution < -0.4 is 0 Å². The molecular weight excluding hydrogens is 372 g/mol. The van der Waals surface area contributed by atoms with Gasteiger partial charge < -0.3 is 4.74 Å². The van der Waals surface area contributed by atoms with Crippen LogP contribution in [0.4, 0.5) is 8.78 Å². The zero-order valence-electron chi connectivity index (χ0n) is 16.3.